The molecule has 17 heavy (non-hydrogen) atoms. The van der Waals surface area contributed by atoms with Crippen LogP contribution >= 0.6 is 11.6 Å². The van der Waals surface area contributed by atoms with Gasteiger partial charge in [0, 0.05) is 18.0 Å². The molecule has 3 aromatic rings. The van der Waals surface area contributed by atoms with Crippen molar-refractivity contribution in [3.05, 3.63) is 47.2 Å². The zero-order valence-corrected chi connectivity index (χ0v) is 9.99. The van der Waals surface area contributed by atoms with Crippen LogP contribution < -0.4 is 0 Å². The van der Waals surface area contributed by atoms with Crippen molar-refractivity contribution in [1.82, 2.24) is 15.0 Å². The number of nitrogens with one attached hydrogen (secondary N) is 1. The summed E-state index contributed by atoms with van der Waals surface area (Å²) in [5, 5.41) is 0.658. The van der Waals surface area contributed by atoms with Gasteiger partial charge in [0.15, 0.2) is 0 Å². The molecule has 0 unspecified atom stereocenters. The molecule has 0 amide bonds. The van der Waals surface area contributed by atoms with Crippen LogP contribution in [0.3, 0.4) is 0 Å². The van der Waals surface area contributed by atoms with E-state index in [-0.39, 0.29) is 0 Å². The summed E-state index contributed by atoms with van der Waals surface area (Å²) in [6.45, 7) is 2.01. The summed E-state index contributed by atoms with van der Waals surface area (Å²) < 4.78 is 0. The second kappa shape index (κ2) is 3.86. The number of nitrogens with zero attached hydrogens (tertiary/aromatic N) is 2. The van der Waals surface area contributed by atoms with Gasteiger partial charge in [0.2, 0.25) is 0 Å². The number of halogens is 1. The summed E-state index contributed by atoms with van der Waals surface area (Å²) in [6.07, 6.45) is 3.61. The molecule has 0 aliphatic rings. The highest BCUT2D eigenvalue weighted by molar-refractivity contribution is 6.34. The molecule has 0 fully saturated rings. The Hall–Kier alpha value is -1.87. The molecule has 0 atom stereocenters. The quantitative estimate of drug-likeness (QED) is 0.710. The first-order valence-corrected chi connectivity index (χ1v) is 5.68. The molecule has 2 heterocycles. The molecule has 0 bridgehead atoms. The Bertz CT molecular complexity index is 688. The van der Waals surface area contributed by atoms with Crippen molar-refractivity contribution >= 4 is 22.6 Å². The molecule has 0 aliphatic heterocycles. The predicted molar refractivity (Wildman–Crippen MR) is 69.1 cm³/mol. The normalized spacial score (nSPS) is 10.9. The Morgan fingerprint density at radius 2 is 2.12 bits per heavy atom. The molecule has 1 N–H and O–H groups in total. The average molecular weight is 244 g/mol. The standard InChI is InChI=1S/C13H10ClN3/c1-8-5-9(7-15-6-8)13-16-11-4-2-3-10(14)12(11)17-13/h2-7H,1H3,(H,16,17). The van der Waals surface area contributed by atoms with Gasteiger partial charge >= 0.3 is 0 Å². The Balaban J connectivity index is 2.22. The molecule has 4 heteroatoms. The maximum absolute atomic E-state index is 6.09. The summed E-state index contributed by atoms with van der Waals surface area (Å²) >= 11 is 6.09. The molecule has 1 aromatic carbocycles. The van der Waals surface area contributed by atoms with Gasteiger partial charge in [-0.15, -0.1) is 0 Å². The van der Waals surface area contributed by atoms with Gasteiger partial charge in [-0.25, -0.2) is 4.98 Å². The minimum atomic E-state index is 0.658. The molecule has 2 aromatic heterocycles. The molecular formula is C13H10ClN3. The van der Waals surface area contributed by atoms with Crippen molar-refractivity contribution in [3.8, 4) is 11.4 Å². The lowest BCUT2D eigenvalue weighted by Gasteiger charge is -1.96. The number of benzene rings is 1. The number of fused-ring (bicyclic) bond motifs is 1. The van der Waals surface area contributed by atoms with Crippen LogP contribution in [0.2, 0.25) is 5.02 Å². The lowest BCUT2D eigenvalue weighted by molar-refractivity contribution is 1.24. The lowest BCUT2D eigenvalue weighted by Crippen LogP contribution is -1.83. The maximum atomic E-state index is 6.09. The van der Waals surface area contributed by atoms with E-state index in [1.807, 2.05) is 37.4 Å². The van der Waals surface area contributed by atoms with Crippen molar-refractivity contribution < 1.29 is 0 Å². The van der Waals surface area contributed by atoms with Gasteiger partial charge in [-0.3, -0.25) is 4.98 Å². The number of hydrogen-bond acceptors (Lipinski definition) is 2. The van der Waals surface area contributed by atoms with E-state index in [9.17, 15) is 0 Å². The smallest absolute Gasteiger partial charge is 0.140 e. The first-order chi connectivity index (χ1) is 8.24. The number of aromatic amines is 1. The largest absolute Gasteiger partial charge is 0.338 e. The molecule has 0 spiro atoms. The van der Waals surface area contributed by atoms with E-state index in [0.29, 0.717) is 5.02 Å². The Morgan fingerprint density at radius 1 is 1.24 bits per heavy atom. The molecule has 3 rings (SSSR count). The number of pyridine rings is 1. The van der Waals surface area contributed by atoms with Gasteiger partial charge in [0.05, 0.1) is 10.5 Å². The summed E-state index contributed by atoms with van der Waals surface area (Å²) in [6, 6.07) is 7.74. The number of aryl methyl sites for hydroxylation is 1. The van der Waals surface area contributed by atoms with Gasteiger partial charge in [-0.1, -0.05) is 17.7 Å². The van der Waals surface area contributed by atoms with Crippen molar-refractivity contribution in [2.45, 2.75) is 6.92 Å². The van der Waals surface area contributed by atoms with E-state index in [2.05, 4.69) is 15.0 Å². The van der Waals surface area contributed by atoms with Crippen LogP contribution in [0, 0.1) is 6.92 Å². The third-order valence-electron chi connectivity index (χ3n) is 2.61. The average Bonchev–Trinajstić information content (AvgIpc) is 2.74. The van der Waals surface area contributed by atoms with Crippen LogP contribution in [0.5, 0.6) is 0 Å². The minimum absolute atomic E-state index is 0.658. The first kappa shape index (κ1) is 10.3. The zero-order valence-electron chi connectivity index (χ0n) is 9.24. The van der Waals surface area contributed by atoms with Crippen molar-refractivity contribution in [3.63, 3.8) is 0 Å². The van der Waals surface area contributed by atoms with Gasteiger partial charge in [0.1, 0.15) is 11.3 Å². The van der Waals surface area contributed by atoms with Crippen molar-refractivity contribution in [2.24, 2.45) is 0 Å². The second-order valence-electron chi connectivity index (χ2n) is 3.97. The fourth-order valence-corrected chi connectivity index (χ4v) is 2.04. The van der Waals surface area contributed by atoms with E-state index in [4.69, 9.17) is 11.6 Å². The molecule has 0 radical (unpaired) electrons. The van der Waals surface area contributed by atoms with E-state index >= 15 is 0 Å². The molecule has 3 nitrogen and oxygen atoms in total. The van der Waals surface area contributed by atoms with E-state index in [0.717, 1.165) is 28.0 Å². The number of imidazole rings is 1. The Morgan fingerprint density at radius 3 is 2.88 bits per heavy atom. The summed E-state index contributed by atoms with van der Waals surface area (Å²) in [4.78, 5) is 11.9. The predicted octanol–water partition coefficient (Wildman–Crippen LogP) is 3.59. The monoisotopic (exact) mass is 243 g/mol. The Kier molecular flexibility index (Phi) is 2.34. The molecule has 0 saturated heterocycles. The molecular weight excluding hydrogens is 234 g/mol. The van der Waals surface area contributed by atoms with Crippen LogP contribution in [0.15, 0.2) is 36.7 Å². The highest BCUT2D eigenvalue weighted by Gasteiger charge is 2.07. The summed E-state index contributed by atoms with van der Waals surface area (Å²) in [7, 11) is 0. The van der Waals surface area contributed by atoms with E-state index < -0.39 is 0 Å². The minimum Gasteiger partial charge on any atom is -0.338 e. The summed E-state index contributed by atoms with van der Waals surface area (Å²) in [5.41, 5.74) is 3.81. The number of H-pyrrole nitrogens is 1. The maximum Gasteiger partial charge on any atom is 0.140 e. The highest BCUT2D eigenvalue weighted by atomic mass is 35.5. The van der Waals surface area contributed by atoms with Gasteiger partial charge in [-0.2, -0.15) is 0 Å². The first-order valence-electron chi connectivity index (χ1n) is 5.30. The third-order valence-corrected chi connectivity index (χ3v) is 2.92. The number of rotatable bonds is 1. The highest BCUT2D eigenvalue weighted by Crippen LogP contribution is 2.25. The topological polar surface area (TPSA) is 41.6 Å². The number of aromatic nitrogens is 3. The lowest BCUT2D eigenvalue weighted by atomic mass is 10.2. The van der Waals surface area contributed by atoms with Crippen LogP contribution in [0.25, 0.3) is 22.4 Å². The summed E-state index contributed by atoms with van der Waals surface area (Å²) in [5.74, 6) is 0.796. The van der Waals surface area contributed by atoms with Crippen LogP contribution in [0.1, 0.15) is 5.56 Å². The van der Waals surface area contributed by atoms with Crippen molar-refractivity contribution in [1.29, 1.82) is 0 Å². The van der Waals surface area contributed by atoms with Crippen LogP contribution in [-0.2, 0) is 0 Å². The van der Waals surface area contributed by atoms with E-state index in [1.54, 1.807) is 6.20 Å². The fraction of sp³-hybridized carbons (Fsp3) is 0.0769. The number of para-hydroxylation sites is 1. The van der Waals surface area contributed by atoms with Crippen molar-refractivity contribution in [2.75, 3.05) is 0 Å². The molecule has 84 valence electrons. The zero-order chi connectivity index (χ0) is 11.8. The van der Waals surface area contributed by atoms with Crippen LogP contribution in [0.4, 0.5) is 0 Å². The third kappa shape index (κ3) is 1.78. The van der Waals surface area contributed by atoms with Gasteiger partial charge < -0.3 is 4.98 Å². The van der Waals surface area contributed by atoms with Gasteiger partial charge in [-0.05, 0) is 30.7 Å². The van der Waals surface area contributed by atoms with Crippen LogP contribution in [-0.4, -0.2) is 15.0 Å². The number of hydrogen-bond donors (Lipinski definition) is 1. The second-order valence-corrected chi connectivity index (χ2v) is 4.38. The SMILES string of the molecule is Cc1cncc(-c2nc3c(Cl)cccc3[nH]2)c1. The molecule has 0 aliphatic carbocycles. The van der Waals surface area contributed by atoms with Gasteiger partial charge in [0.25, 0.3) is 0 Å². The Labute approximate surface area is 103 Å². The molecule has 0 saturated carbocycles. The van der Waals surface area contributed by atoms with E-state index in [1.165, 1.54) is 0 Å². The fourth-order valence-electron chi connectivity index (χ4n) is 1.82.